The first-order chi connectivity index (χ1) is 19.2. The van der Waals surface area contributed by atoms with Gasteiger partial charge >= 0.3 is 0 Å². The molecule has 2 amide bonds. The molecule has 0 saturated carbocycles. The van der Waals surface area contributed by atoms with E-state index >= 15 is 0 Å². The highest BCUT2D eigenvalue weighted by Crippen LogP contribution is 2.28. The van der Waals surface area contributed by atoms with Gasteiger partial charge in [-0.2, -0.15) is 0 Å². The zero-order chi connectivity index (χ0) is 30.4. The summed E-state index contributed by atoms with van der Waals surface area (Å²) in [6, 6.07) is 5.78. The second-order valence-electron chi connectivity index (χ2n) is 12.1. The number of amides is 2. The Kier molecular flexibility index (Phi) is 11.5. The number of nitrogens with one attached hydrogen (secondary N) is 2. The van der Waals surface area contributed by atoms with Gasteiger partial charge < -0.3 is 20.1 Å². The molecule has 3 atom stereocenters. The summed E-state index contributed by atoms with van der Waals surface area (Å²) in [5, 5.41) is 13.3. The van der Waals surface area contributed by atoms with Crippen molar-refractivity contribution in [3.05, 3.63) is 41.0 Å². The molecular formula is C29H44N4O6S2. The van der Waals surface area contributed by atoms with E-state index < -0.39 is 45.4 Å². The van der Waals surface area contributed by atoms with E-state index in [0.717, 1.165) is 28.1 Å². The number of likely N-dealkylation sites (tertiary alicyclic amines) is 1. The molecule has 0 spiro atoms. The summed E-state index contributed by atoms with van der Waals surface area (Å²) in [5.74, 6) is -0.763. The highest BCUT2D eigenvalue weighted by atomic mass is 32.2. The number of aryl methyl sites for hydroxylation is 1. The second-order valence-corrected chi connectivity index (χ2v) is 14.8. The number of benzene rings is 1. The van der Waals surface area contributed by atoms with Crippen LogP contribution in [0, 0.1) is 18.3 Å². The maximum atomic E-state index is 13.7. The Hall–Kier alpha value is -2.38. The monoisotopic (exact) mass is 608 g/mol. The highest BCUT2D eigenvalue weighted by molar-refractivity contribution is 7.89. The Morgan fingerprint density at radius 3 is 2.46 bits per heavy atom. The Labute approximate surface area is 247 Å². The van der Waals surface area contributed by atoms with E-state index in [9.17, 15) is 23.1 Å². The van der Waals surface area contributed by atoms with Gasteiger partial charge in [0.15, 0.2) is 0 Å². The predicted molar refractivity (Wildman–Crippen MR) is 161 cm³/mol. The van der Waals surface area contributed by atoms with Crippen molar-refractivity contribution in [2.24, 2.45) is 11.3 Å². The minimum atomic E-state index is -3.85. The Bertz CT molecular complexity index is 1270. The number of carbonyl (C=O) groups excluding carboxylic acids is 2. The number of aliphatic hydroxyl groups excluding tert-OH is 1. The number of hydrogen-bond donors (Lipinski definition) is 3. The van der Waals surface area contributed by atoms with Gasteiger partial charge in [0.1, 0.15) is 12.1 Å². The number of rotatable bonds is 13. The van der Waals surface area contributed by atoms with Gasteiger partial charge in [-0.25, -0.2) is 18.1 Å². The summed E-state index contributed by atoms with van der Waals surface area (Å²) in [5.41, 5.74) is 3.92. The molecule has 12 heteroatoms. The molecule has 1 aliphatic rings. The van der Waals surface area contributed by atoms with Crippen LogP contribution in [0.2, 0.25) is 0 Å². The first-order valence-corrected chi connectivity index (χ1v) is 16.5. The molecule has 0 unspecified atom stereocenters. The molecule has 0 bridgehead atoms. The fourth-order valence-electron chi connectivity index (χ4n) is 4.56. The smallest absolute Gasteiger partial charge is 0.243 e. The topological polar surface area (TPSA) is 138 Å². The SMILES string of the molecule is Cc1ncsc1-c1ccc(CNC(=O)[C@@H]2C[C@@H](O)CN2C(=O)[C@@H](NS(=O)(=O)CCOCCC(C)C)C(C)(C)C)cc1. The summed E-state index contributed by atoms with van der Waals surface area (Å²) >= 11 is 1.57. The van der Waals surface area contributed by atoms with Crippen LogP contribution in [0.25, 0.3) is 10.4 Å². The van der Waals surface area contributed by atoms with Gasteiger partial charge in [0.2, 0.25) is 21.8 Å². The van der Waals surface area contributed by atoms with Crippen molar-refractivity contribution in [1.29, 1.82) is 0 Å². The van der Waals surface area contributed by atoms with E-state index in [1.54, 1.807) is 37.6 Å². The maximum absolute atomic E-state index is 13.7. The maximum Gasteiger partial charge on any atom is 0.243 e. The van der Waals surface area contributed by atoms with E-state index in [1.807, 2.05) is 31.2 Å². The molecule has 1 fully saturated rings. The molecule has 1 aromatic carbocycles. The van der Waals surface area contributed by atoms with Crippen LogP contribution in [0.15, 0.2) is 29.8 Å². The summed E-state index contributed by atoms with van der Waals surface area (Å²) in [7, 11) is -3.85. The lowest BCUT2D eigenvalue weighted by Crippen LogP contribution is -2.58. The zero-order valence-corrected chi connectivity index (χ0v) is 26.5. The van der Waals surface area contributed by atoms with Crippen molar-refractivity contribution >= 4 is 33.2 Å². The van der Waals surface area contributed by atoms with E-state index in [4.69, 9.17) is 4.74 Å². The van der Waals surface area contributed by atoms with Crippen molar-refractivity contribution in [3.8, 4) is 10.4 Å². The summed E-state index contributed by atoms with van der Waals surface area (Å²) in [4.78, 5) is 33.6. The lowest BCUT2D eigenvalue weighted by Gasteiger charge is -2.35. The third-order valence-electron chi connectivity index (χ3n) is 7.04. The molecule has 2 heterocycles. The zero-order valence-electron chi connectivity index (χ0n) is 24.8. The third-order valence-corrected chi connectivity index (χ3v) is 9.32. The third kappa shape index (κ3) is 9.57. The number of β-amino-alcohol motifs (C(OH)–C–C–N with tert-alkyl or cyclic N) is 1. The van der Waals surface area contributed by atoms with E-state index in [0.29, 0.717) is 12.5 Å². The Morgan fingerprint density at radius 1 is 1.20 bits per heavy atom. The molecule has 1 saturated heterocycles. The average molecular weight is 609 g/mol. The van der Waals surface area contributed by atoms with Gasteiger partial charge in [0.25, 0.3) is 0 Å². The first kappa shape index (κ1) is 33.1. The Morgan fingerprint density at radius 2 is 1.88 bits per heavy atom. The van der Waals surface area contributed by atoms with Crippen LogP contribution in [0.1, 0.15) is 58.7 Å². The van der Waals surface area contributed by atoms with Crippen LogP contribution < -0.4 is 10.0 Å². The fourth-order valence-corrected chi connectivity index (χ4v) is 6.64. The van der Waals surface area contributed by atoms with Crippen LogP contribution in [0.5, 0.6) is 0 Å². The van der Waals surface area contributed by atoms with Gasteiger partial charge in [-0.3, -0.25) is 9.59 Å². The molecule has 0 aliphatic carbocycles. The van der Waals surface area contributed by atoms with Crippen LogP contribution in [0.3, 0.4) is 0 Å². The van der Waals surface area contributed by atoms with Gasteiger partial charge in [-0.15, -0.1) is 11.3 Å². The molecule has 228 valence electrons. The molecule has 10 nitrogen and oxygen atoms in total. The van der Waals surface area contributed by atoms with E-state index in [-0.39, 0.29) is 31.9 Å². The molecule has 3 rings (SSSR count). The summed E-state index contributed by atoms with van der Waals surface area (Å²) < 4.78 is 33.7. The van der Waals surface area contributed by atoms with E-state index in [1.165, 1.54) is 4.90 Å². The van der Waals surface area contributed by atoms with Crippen LogP contribution in [-0.2, 0) is 30.9 Å². The van der Waals surface area contributed by atoms with Crippen molar-refractivity contribution in [1.82, 2.24) is 19.9 Å². The van der Waals surface area contributed by atoms with Gasteiger partial charge in [0, 0.05) is 26.1 Å². The summed E-state index contributed by atoms with van der Waals surface area (Å²) in [6.45, 7) is 12.1. The number of sulfonamides is 1. The van der Waals surface area contributed by atoms with Gasteiger partial charge in [-0.05, 0) is 35.8 Å². The number of hydrogen-bond acceptors (Lipinski definition) is 8. The molecule has 41 heavy (non-hydrogen) atoms. The number of aromatic nitrogens is 1. The fraction of sp³-hybridized carbons (Fsp3) is 0.621. The number of thiazole rings is 1. The molecule has 1 aromatic heterocycles. The van der Waals surface area contributed by atoms with Crippen LogP contribution in [0.4, 0.5) is 0 Å². The van der Waals surface area contributed by atoms with Crippen molar-refractivity contribution in [2.45, 2.75) is 79.1 Å². The minimum Gasteiger partial charge on any atom is -0.391 e. The van der Waals surface area contributed by atoms with Crippen LogP contribution in [-0.4, -0.2) is 78.9 Å². The second kappa shape index (κ2) is 14.2. The molecule has 3 N–H and O–H groups in total. The lowest BCUT2D eigenvalue weighted by atomic mass is 9.86. The summed E-state index contributed by atoms with van der Waals surface area (Å²) in [6.07, 6.45) is 0.0205. The van der Waals surface area contributed by atoms with Crippen LogP contribution >= 0.6 is 11.3 Å². The molecule has 2 aromatic rings. The van der Waals surface area contributed by atoms with Gasteiger partial charge in [-0.1, -0.05) is 58.9 Å². The van der Waals surface area contributed by atoms with Crippen molar-refractivity contribution < 1.29 is 27.9 Å². The Balaban J connectivity index is 1.64. The lowest BCUT2D eigenvalue weighted by molar-refractivity contribution is -0.141. The standard InChI is InChI=1S/C29H44N4O6S2/c1-19(2)11-12-39-13-14-41(37,38)32-26(29(4,5)6)28(36)33-17-23(34)15-24(33)27(35)30-16-21-7-9-22(10-8-21)25-20(3)31-18-40-25/h7-10,18-19,23-24,26,32,34H,11-17H2,1-6H3,(H,30,35)/t23-,24+,26-/m1/s1. The van der Waals surface area contributed by atoms with Gasteiger partial charge in [0.05, 0.1) is 34.5 Å². The number of carbonyl (C=O) groups is 2. The largest absolute Gasteiger partial charge is 0.391 e. The predicted octanol–water partition coefficient (Wildman–Crippen LogP) is 3.09. The number of aliphatic hydroxyl groups is 1. The normalized spacial score (nSPS) is 18.6. The average Bonchev–Trinajstić information content (AvgIpc) is 3.50. The van der Waals surface area contributed by atoms with Crippen molar-refractivity contribution in [2.75, 3.05) is 25.5 Å². The van der Waals surface area contributed by atoms with Crippen molar-refractivity contribution in [3.63, 3.8) is 0 Å². The van der Waals surface area contributed by atoms with E-state index in [2.05, 4.69) is 28.9 Å². The number of nitrogens with zero attached hydrogens (tertiary/aromatic N) is 2. The quantitative estimate of drug-likeness (QED) is 0.297. The minimum absolute atomic E-state index is 0.0192. The highest BCUT2D eigenvalue weighted by Gasteiger charge is 2.45. The molecular weight excluding hydrogens is 564 g/mol. The number of ether oxygens (including phenoxy) is 1. The molecule has 0 radical (unpaired) electrons. The first-order valence-electron chi connectivity index (χ1n) is 14.0. The molecule has 1 aliphatic heterocycles.